The largest absolute Gasteiger partial charge is 0.480 e. The molecule has 2 aromatic carbocycles. The van der Waals surface area contributed by atoms with Crippen molar-refractivity contribution in [1.82, 2.24) is 0 Å². The van der Waals surface area contributed by atoms with Gasteiger partial charge in [0.05, 0.1) is 28.3 Å². The van der Waals surface area contributed by atoms with Gasteiger partial charge in [-0.2, -0.15) is 0 Å². The highest BCUT2D eigenvalue weighted by molar-refractivity contribution is 7.54. The Morgan fingerprint density at radius 3 is 2.30 bits per heavy atom. The minimum absolute atomic E-state index is 0.165. The summed E-state index contributed by atoms with van der Waals surface area (Å²) in [5.41, 5.74) is 0.189. The molecule has 2 aromatic rings. The minimum Gasteiger partial charge on any atom is -0.480 e. The average Bonchev–Trinajstić information content (AvgIpc) is 2.71. The van der Waals surface area contributed by atoms with Gasteiger partial charge in [-0.25, -0.2) is 4.79 Å². The Labute approximate surface area is 189 Å². The number of hydrogen-bond donors (Lipinski definition) is 0. The summed E-state index contributed by atoms with van der Waals surface area (Å²) in [7, 11) is -3.76. The van der Waals surface area contributed by atoms with Crippen molar-refractivity contribution in [2.24, 2.45) is 5.41 Å². The van der Waals surface area contributed by atoms with Gasteiger partial charge >= 0.3 is 13.6 Å². The van der Waals surface area contributed by atoms with Crippen LogP contribution in [0.25, 0.3) is 0 Å². The van der Waals surface area contributed by atoms with Gasteiger partial charge < -0.3 is 18.5 Å². The van der Waals surface area contributed by atoms with Crippen molar-refractivity contribution in [3.63, 3.8) is 0 Å². The highest BCUT2D eigenvalue weighted by Crippen LogP contribution is 2.64. The first-order valence-electron chi connectivity index (χ1n) is 9.00. The molecular formula is C20H20Cl3O6P. The van der Waals surface area contributed by atoms with E-state index < -0.39 is 26.0 Å². The normalized spacial score (nSPS) is 18.4. The molecule has 1 atom stereocenters. The fourth-order valence-corrected chi connectivity index (χ4v) is 5.37. The molecule has 1 unspecified atom stereocenters. The van der Waals surface area contributed by atoms with Crippen LogP contribution in [0.4, 0.5) is 0 Å². The molecule has 3 rings (SSSR count). The van der Waals surface area contributed by atoms with Crippen LogP contribution in [-0.2, 0) is 23.1 Å². The van der Waals surface area contributed by atoms with Crippen LogP contribution in [-0.4, -0.2) is 25.8 Å². The van der Waals surface area contributed by atoms with Gasteiger partial charge in [0.15, 0.2) is 6.61 Å². The van der Waals surface area contributed by atoms with Gasteiger partial charge in [-0.1, -0.05) is 79.0 Å². The summed E-state index contributed by atoms with van der Waals surface area (Å²) < 4.78 is 35.4. The monoisotopic (exact) mass is 492 g/mol. The SMILES string of the molecule is CC1(C)COP(=O)(C(OC(=O)COc2cc(Cl)c(Cl)cc2Cl)c2ccccc2)OC1. The van der Waals surface area contributed by atoms with Crippen molar-refractivity contribution in [2.75, 3.05) is 19.8 Å². The molecule has 162 valence electrons. The van der Waals surface area contributed by atoms with E-state index in [-0.39, 0.29) is 39.4 Å². The molecule has 10 heteroatoms. The number of rotatable bonds is 6. The molecule has 0 saturated carbocycles. The number of carbonyl (C=O) groups excluding carboxylic acids is 1. The minimum atomic E-state index is -3.76. The lowest BCUT2D eigenvalue weighted by atomic mass is 9.97. The molecule has 0 radical (unpaired) electrons. The van der Waals surface area contributed by atoms with E-state index in [1.54, 1.807) is 30.3 Å². The smallest absolute Gasteiger partial charge is 0.375 e. The molecule has 1 fully saturated rings. The summed E-state index contributed by atoms with van der Waals surface area (Å²) >= 11 is 17.9. The lowest BCUT2D eigenvalue weighted by Crippen LogP contribution is -2.31. The average molecular weight is 494 g/mol. The van der Waals surface area contributed by atoms with Crippen molar-refractivity contribution >= 4 is 48.4 Å². The summed E-state index contributed by atoms with van der Waals surface area (Å²) in [6.45, 7) is 3.78. The maximum atomic E-state index is 13.4. The van der Waals surface area contributed by atoms with Crippen molar-refractivity contribution < 1.29 is 27.9 Å². The standard InChI is InChI=1S/C20H20Cl3O6P/c1-20(2)11-27-30(25,28-12-20)19(13-6-4-3-5-7-13)29-18(24)10-26-17-9-15(22)14(21)8-16(17)23/h3-9,19H,10-12H2,1-2H3. The molecule has 30 heavy (non-hydrogen) atoms. The van der Waals surface area contributed by atoms with E-state index in [2.05, 4.69) is 0 Å². The molecule has 1 saturated heterocycles. The third-order valence-electron chi connectivity index (χ3n) is 4.21. The Balaban J connectivity index is 1.74. The first-order valence-corrected chi connectivity index (χ1v) is 11.7. The second-order valence-corrected chi connectivity index (χ2v) is 10.8. The Morgan fingerprint density at radius 2 is 1.67 bits per heavy atom. The van der Waals surface area contributed by atoms with Crippen LogP contribution in [0, 0.1) is 5.41 Å². The molecular weight excluding hydrogens is 474 g/mol. The molecule has 1 aliphatic heterocycles. The number of hydrogen-bond acceptors (Lipinski definition) is 6. The van der Waals surface area contributed by atoms with Crippen LogP contribution >= 0.6 is 42.4 Å². The third-order valence-corrected chi connectivity index (χ3v) is 7.18. The van der Waals surface area contributed by atoms with Gasteiger partial charge in [0.1, 0.15) is 5.75 Å². The summed E-state index contributed by atoms with van der Waals surface area (Å²) in [6.07, 6.45) is 0. The zero-order valence-corrected chi connectivity index (χ0v) is 19.4. The lowest BCUT2D eigenvalue weighted by Gasteiger charge is -2.36. The molecule has 0 spiro atoms. The number of ether oxygens (including phenoxy) is 2. The van der Waals surface area contributed by atoms with E-state index in [1.807, 2.05) is 13.8 Å². The quantitative estimate of drug-likeness (QED) is 0.259. The fourth-order valence-electron chi connectivity index (χ4n) is 2.59. The summed E-state index contributed by atoms with van der Waals surface area (Å²) in [5, 5.41) is 0.668. The Kier molecular flexibility index (Phi) is 7.39. The van der Waals surface area contributed by atoms with E-state index in [1.165, 1.54) is 12.1 Å². The van der Waals surface area contributed by atoms with Gasteiger partial charge in [0.25, 0.3) is 0 Å². The van der Waals surface area contributed by atoms with E-state index >= 15 is 0 Å². The number of halogens is 3. The van der Waals surface area contributed by atoms with Crippen molar-refractivity contribution in [1.29, 1.82) is 0 Å². The molecule has 0 N–H and O–H groups in total. The third kappa shape index (κ3) is 5.70. The Morgan fingerprint density at radius 1 is 1.07 bits per heavy atom. The highest BCUT2D eigenvalue weighted by atomic mass is 35.5. The number of esters is 1. The molecule has 0 bridgehead atoms. The van der Waals surface area contributed by atoms with Gasteiger partial charge in [-0.15, -0.1) is 0 Å². The van der Waals surface area contributed by atoms with Crippen molar-refractivity contribution in [3.05, 3.63) is 63.1 Å². The second kappa shape index (κ2) is 9.47. The maximum Gasteiger partial charge on any atom is 0.375 e. The molecule has 6 nitrogen and oxygen atoms in total. The molecule has 0 amide bonds. The zero-order chi connectivity index (χ0) is 21.9. The van der Waals surface area contributed by atoms with E-state index in [4.69, 9.17) is 53.3 Å². The topological polar surface area (TPSA) is 71.1 Å². The maximum absolute atomic E-state index is 13.4. The van der Waals surface area contributed by atoms with Crippen LogP contribution in [0.3, 0.4) is 0 Å². The first-order chi connectivity index (χ1) is 14.1. The predicted octanol–water partition coefficient (Wildman–Crippen LogP) is 6.53. The fraction of sp³-hybridized carbons (Fsp3) is 0.350. The van der Waals surface area contributed by atoms with E-state index in [0.717, 1.165) is 0 Å². The van der Waals surface area contributed by atoms with Crippen LogP contribution in [0.5, 0.6) is 5.75 Å². The van der Waals surface area contributed by atoms with Crippen LogP contribution in [0.15, 0.2) is 42.5 Å². The van der Waals surface area contributed by atoms with Gasteiger partial charge in [-0.05, 0) is 6.07 Å². The zero-order valence-electron chi connectivity index (χ0n) is 16.3. The number of carbonyl (C=O) groups is 1. The summed E-state index contributed by atoms with van der Waals surface area (Å²) in [5.74, 6) is -1.84. The molecule has 0 aromatic heterocycles. The molecule has 0 aliphatic carbocycles. The van der Waals surface area contributed by atoms with Crippen molar-refractivity contribution in [2.45, 2.75) is 19.7 Å². The first kappa shape index (κ1) is 23.4. The van der Waals surface area contributed by atoms with Crippen LogP contribution < -0.4 is 4.74 Å². The van der Waals surface area contributed by atoms with Crippen LogP contribution in [0.2, 0.25) is 15.1 Å². The van der Waals surface area contributed by atoms with E-state index in [0.29, 0.717) is 5.56 Å². The van der Waals surface area contributed by atoms with Crippen molar-refractivity contribution in [3.8, 4) is 5.75 Å². The highest BCUT2D eigenvalue weighted by Gasteiger charge is 2.46. The van der Waals surface area contributed by atoms with Crippen LogP contribution in [0.1, 0.15) is 25.3 Å². The van der Waals surface area contributed by atoms with E-state index in [9.17, 15) is 9.36 Å². The summed E-state index contributed by atoms with van der Waals surface area (Å²) in [4.78, 5) is 12.5. The van der Waals surface area contributed by atoms with Gasteiger partial charge in [-0.3, -0.25) is 4.57 Å². The summed E-state index contributed by atoms with van der Waals surface area (Å²) in [6, 6.07) is 11.4. The van der Waals surface area contributed by atoms with Gasteiger partial charge in [0.2, 0.25) is 5.85 Å². The van der Waals surface area contributed by atoms with Gasteiger partial charge in [0, 0.05) is 17.0 Å². The number of benzene rings is 2. The predicted molar refractivity (Wildman–Crippen MR) is 116 cm³/mol. The Hall–Kier alpha value is -1.27. The second-order valence-electron chi connectivity index (χ2n) is 7.49. The lowest BCUT2D eigenvalue weighted by molar-refractivity contribution is -0.149. The molecule has 1 aliphatic rings. The Bertz CT molecular complexity index is 953. The molecule has 1 heterocycles.